The van der Waals surface area contributed by atoms with Gasteiger partial charge in [0.25, 0.3) is 0 Å². The lowest BCUT2D eigenvalue weighted by atomic mass is 9.78. The number of furan rings is 1. The second kappa shape index (κ2) is 5.71. The Morgan fingerprint density at radius 2 is 2.19 bits per heavy atom. The lowest BCUT2D eigenvalue weighted by molar-refractivity contribution is -0.137. The van der Waals surface area contributed by atoms with Crippen molar-refractivity contribution in [2.75, 3.05) is 11.9 Å². The minimum Gasteiger partial charge on any atom is -0.467 e. The highest BCUT2D eigenvalue weighted by molar-refractivity contribution is 6.09. The number of fused-ring (bicyclic) bond motifs is 4. The van der Waals surface area contributed by atoms with Gasteiger partial charge in [0.15, 0.2) is 0 Å². The van der Waals surface area contributed by atoms with Crippen molar-refractivity contribution in [1.82, 2.24) is 10.2 Å². The summed E-state index contributed by atoms with van der Waals surface area (Å²) in [6.07, 6.45) is 4.42. The van der Waals surface area contributed by atoms with E-state index in [1.54, 1.807) is 12.3 Å². The van der Waals surface area contributed by atoms with Gasteiger partial charge in [0.2, 0.25) is 11.8 Å². The number of amides is 2. The van der Waals surface area contributed by atoms with Crippen LogP contribution in [-0.2, 0) is 21.7 Å². The molecule has 4 heterocycles. The van der Waals surface area contributed by atoms with E-state index in [1.807, 2.05) is 30.3 Å². The summed E-state index contributed by atoms with van der Waals surface area (Å²) in [6.45, 7) is 1.20. The molecule has 1 spiro atoms. The van der Waals surface area contributed by atoms with Gasteiger partial charge in [-0.25, -0.2) is 0 Å². The molecular weight excluding hydrogens is 330 g/mol. The summed E-state index contributed by atoms with van der Waals surface area (Å²) in [5.74, 6) is 0.164. The van der Waals surface area contributed by atoms with E-state index >= 15 is 0 Å². The van der Waals surface area contributed by atoms with Crippen LogP contribution in [0.3, 0.4) is 0 Å². The Balaban J connectivity index is 1.52. The molecule has 1 aromatic carbocycles. The first-order valence-electron chi connectivity index (χ1n) is 9.19. The molecule has 2 saturated heterocycles. The molecule has 6 heteroatoms. The Hall–Kier alpha value is -2.60. The van der Waals surface area contributed by atoms with Crippen molar-refractivity contribution in [3.63, 3.8) is 0 Å². The van der Waals surface area contributed by atoms with Gasteiger partial charge in [0.05, 0.1) is 18.7 Å². The normalized spacial score (nSPS) is 29.6. The fraction of sp³-hybridized carbons (Fsp3) is 0.400. The molecule has 2 N–H and O–H groups in total. The summed E-state index contributed by atoms with van der Waals surface area (Å²) < 4.78 is 5.31. The molecule has 1 aromatic heterocycles. The number of anilines is 1. The minimum atomic E-state index is -0.884. The molecule has 26 heavy (non-hydrogen) atoms. The zero-order valence-corrected chi connectivity index (χ0v) is 14.4. The molecule has 2 fully saturated rings. The summed E-state index contributed by atoms with van der Waals surface area (Å²) in [7, 11) is 0. The molecule has 2 aromatic rings. The maximum Gasteiger partial charge on any atom is 0.250 e. The lowest BCUT2D eigenvalue weighted by Crippen LogP contribution is -2.54. The highest BCUT2D eigenvalue weighted by Gasteiger charge is 2.65. The second-order valence-electron chi connectivity index (χ2n) is 7.34. The molecule has 0 bridgehead atoms. The zero-order valence-electron chi connectivity index (χ0n) is 14.4. The first-order valence-corrected chi connectivity index (χ1v) is 9.19. The van der Waals surface area contributed by atoms with Crippen molar-refractivity contribution in [3.8, 4) is 0 Å². The van der Waals surface area contributed by atoms with Gasteiger partial charge in [-0.15, -0.1) is 0 Å². The van der Waals surface area contributed by atoms with E-state index in [0.717, 1.165) is 30.6 Å². The summed E-state index contributed by atoms with van der Waals surface area (Å²) in [5, 5.41) is 6.00. The van der Waals surface area contributed by atoms with Crippen LogP contribution in [0, 0.1) is 5.92 Å². The third kappa shape index (κ3) is 2.02. The largest absolute Gasteiger partial charge is 0.467 e. The number of carbonyl (C=O) groups is 2. The fourth-order valence-electron chi connectivity index (χ4n) is 5.09. The number of para-hydroxylation sites is 1. The van der Waals surface area contributed by atoms with Crippen molar-refractivity contribution in [3.05, 3.63) is 54.0 Å². The van der Waals surface area contributed by atoms with Crippen LogP contribution < -0.4 is 10.6 Å². The average Bonchev–Trinajstić information content (AvgIpc) is 3.39. The van der Waals surface area contributed by atoms with Crippen LogP contribution in [0.1, 0.15) is 30.6 Å². The molecule has 3 aliphatic heterocycles. The number of carbonyl (C=O) groups excluding carboxylic acids is 2. The zero-order chi connectivity index (χ0) is 17.7. The topological polar surface area (TPSA) is 74.6 Å². The Bertz CT molecular complexity index is 863. The Kier molecular flexibility index (Phi) is 3.43. The summed E-state index contributed by atoms with van der Waals surface area (Å²) in [4.78, 5) is 28.6. The highest BCUT2D eigenvalue weighted by atomic mass is 16.3. The molecule has 3 aliphatic rings. The minimum absolute atomic E-state index is 0.0683. The van der Waals surface area contributed by atoms with Crippen molar-refractivity contribution in [2.45, 2.75) is 37.4 Å². The van der Waals surface area contributed by atoms with E-state index in [4.69, 9.17) is 4.42 Å². The van der Waals surface area contributed by atoms with Gasteiger partial charge in [-0.3, -0.25) is 14.5 Å². The summed E-state index contributed by atoms with van der Waals surface area (Å²) in [5.41, 5.74) is 0.881. The van der Waals surface area contributed by atoms with Crippen LogP contribution in [0.4, 0.5) is 5.69 Å². The van der Waals surface area contributed by atoms with E-state index in [9.17, 15) is 9.59 Å². The standard InChI is InChI=1S/C20H21N3O3/c24-18(21-12-14-6-4-10-26-14)16-11-13-5-3-9-23(13)20(16)15-7-1-2-8-17(15)22-19(20)25/h1-2,4,6-8,10,13,16H,3,5,9,11-12H2,(H,21,24)(H,22,25). The molecule has 134 valence electrons. The maximum atomic E-state index is 13.2. The van der Waals surface area contributed by atoms with E-state index in [1.165, 1.54) is 0 Å². The average molecular weight is 351 g/mol. The molecule has 6 nitrogen and oxygen atoms in total. The van der Waals surface area contributed by atoms with Crippen LogP contribution >= 0.6 is 0 Å². The smallest absolute Gasteiger partial charge is 0.250 e. The van der Waals surface area contributed by atoms with Crippen LogP contribution in [0.15, 0.2) is 47.1 Å². The molecule has 0 radical (unpaired) electrons. The number of hydrogen-bond acceptors (Lipinski definition) is 4. The van der Waals surface area contributed by atoms with Gasteiger partial charge in [-0.2, -0.15) is 0 Å². The highest BCUT2D eigenvalue weighted by Crippen LogP contribution is 2.55. The van der Waals surface area contributed by atoms with Crippen molar-refractivity contribution < 1.29 is 14.0 Å². The summed E-state index contributed by atoms with van der Waals surface area (Å²) in [6, 6.07) is 11.7. The van der Waals surface area contributed by atoms with Crippen molar-refractivity contribution in [2.24, 2.45) is 5.92 Å². The van der Waals surface area contributed by atoms with Crippen molar-refractivity contribution >= 4 is 17.5 Å². The molecule has 0 saturated carbocycles. The van der Waals surface area contributed by atoms with Crippen LogP contribution in [-0.4, -0.2) is 29.3 Å². The van der Waals surface area contributed by atoms with Crippen LogP contribution in [0.2, 0.25) is 0 Å². The molecule has 3 atom stereocenters. The Morgan fingerprint density at radius 1 is 1.31 bits per heavy atom. The van der Waals surface area contributed by atoms with E-state index in [0.29, 0.717) is 18.7 Å². The number of hydrogen-bond donors (Lipinski definition) is 2. The van der Waals surface area contributed by atoms with Gasteiger partial charge in [-0.05, 0) is 44.0 Å². The van der Waals surface area contributed by atoms with E-state index in [-0.39, 0.29) is 17.9 Å². The predicted molar refractivity (Wildman–Crippen MR) is 95.1 cm³/mol. The molecular formula is C20H21N3O3. The first kappa shape index (κ1) is 15.6. The maximum absolute atomic E-state index is 13.2. The number of benzene rings is 1. The number of rotatable bonds is 3. The van der Waals surface area contributed by atoms with Crippen LogP contribution in [0.5, 0.6) is 0 Å². The molecule has 0 aliphatic carbocycles. The van der Waals surface area contributed by atoms with Gasteiger partial charge in [0, 0.05) is 17.3 Å². The SMILES string of the molecule is O=C(NCc1ccco1)C1CC2CCCN2C12C(=O)Nc1ccccc12. The number of nitrogens with one attached hydrogen (secondary N) is 2. The fourth-order valence-corrected chi connectivity index (χ4v) is 5.09. The second-order valence-corrected chi connectivity index (χ2v) is 7.34. The van der Waals surface area contributed by atoms with Crippen LogP contribution in [0.25, 0.3) is 0 Å². The Labute approximate surface area is 151 Å². The van der Waals surface area contributed by atoms with E-state index in [2.05, 4.69) is 15.5 Å². The third-order valence-corrected chi connectivity index (χ3v) is 6.11. The van der Waals surface area contributed by atoms with Gasteiger partial charge in [0.1, 0.15) is 11.3 Å². The predicted octanol–water partition coefficient (Wildman–Crippen LogP) is 2.23. The quantitative estimate of drug-likeness (QED) is 0.889. The summed E-state index contributed by atoms with van der Waals surface area (Å²) >= 11 is 0. The van der Waals surface area contributed by atoms with E-state index < -0.39 is 11.5 Å². The molecule has 5 rings (SSSR count). The van der Waals surface area contributed by atoms with Gasteiger partial charge in [-0.1, -0.05) is 18.2 Å². The van der Waals surface area contributed by atoms with Gasteiger partial charge >= 0.3 is 0 Å². The third-order valence-electron chi connectivity index (χ3n) is 6.11. The number of nitrogens with zero attached hydrogens (tertiary/aromatic N) is 1. The molecule has 2 amide bonds. The first-order chi connectivity index (χ1) is 12.7. The monoisotopic (exact) mass is 351 g/mol. The van der Waals surface area contributed by atoms with Gasteiger partial charge < -0.3 is 15.1 Å². The molecule has 3 unspecified atom stereocenters. The van der Waals surface area contributed by atoms with Crippen molar-refractivity contribution in [1.29, 1.82) is 0 Å². The Morgan fingerprint density at radius 3 is 3.04 bits per heavy atom. The lowest BCUT2D eigenvalue weighted by Gasteiger charge is -2.36.